The van der Waals surface area contributed by atoms with Gasteiger partial charge >= 0.3 is 0 Å². The van der Waals surface area contributed by atoms with Gasteiger partial charge in [0.15, 0.2) is 0 Å². The molecule has 2 heterocycles. The molecule has 6 aromatic rings. The Morgan fingerprint density at radius 1 is 0.389 bits per heavy atom. The first-order valence-electron chi connectivity index (χ1n) is 19.8. The van der Waals surface area contributed by atoms with Gasteiger partial charge < -0.3 is 0 Å². The second-order valence-electron chi connectivity index (χ2n) is 14.3. The predicted molar refractivity (Wildman–Crippen MR) is 241 cm³/mol. The van der Waals surface area contributed by atoms with Crippen LogP contribution in [0.3, 0.4) is 0 Å². The van der Waals surface area contributed by atoms with E-state index < -0.39 is 16.1 Å². The van der Waals surface area contributed by atoms with Crippen LogP contribution < -0.4 is 21.2 Å². The molecule has 274 valence electrons. The van der Waals surface area contributed by atoms with Crippen molar-refractivity contribution in [3.05, 3.63) is 193 Å². The summed E-state index contributed by atoms with van der Waals surface area (Å²) in [6.07, 6.45) is 10.3. The molecule has 0 aliphatic carbocycles. The average Bonchev–Trinajstić information content (AvgIpc) is 3.95. The average molecular weight is 781 g/mol. The fraction of sp³-hybridized carbons (Fsp3) is 0.250. The number of rotatable bonds is 15. The molecule has 2 saturated heterocycles. The summed E-state index contributed by atoms with van der Waals surface area (Å²) in [5.74, 6) is 0. The molecule has 6 heteroatoms. The fourth-order valence-electron chi connectivity index (χ4n) is 8.38. The van der Waals surface area contributed by atoms with E-state index in [0.717, 1.165) is 13.1 Å². The fourth-order valence-corrected chi connectivity index (χ4v) is 22.4. The Kier molecular flexibility index (Phi) is 13.5. The maximum atomic E-state index is 3.06. The third-order valence-electron chi connectivity index (χ3n) is 10.8. The summed E-state index contributed by atoms with van der Waals surface area (Å²) in [6, 6.07) is 68.9. The lowest BCUT2D eigenvalue weighted by Gasteiger charge is -2.41. The largest absolute Gasteiger partial charge is 0.252 e. The first-order chi connectivity index (χ1) is 26.8. The lowest BCUT2D eigenvalue weighted by atomic mass is 10.1. The highest BCUT2D eigenvalue weighted by Crippen LogP contribution is 2.69. The lowest BCUT2D eigenvalue weighted by Crippen LogP contribution is -2.29. The number of hydrogen-bond acceptors (Lipinski definition) is 2. The van der Waals surface area contributed by atoms with Crippen LogP contribution in [0.25, 0.3) is 0 Å². The van der Waals surface area contributed by atoms with Crippen molar-refractivity contribution in [2.24, 2.45) is 0 Å². The molecular weight excluding hydrogens is 728 g/mol. The molecule has 0 spiro atoms. The summed E-state index contributed by atoms with van der Waals surface area (Å²) in [5, 5.41) is 5.94. The van der Waals surface area contributed by atoms with Gasteiger partial charge in [-0.3, -0.25) is 8.88 Å². The molecule has 0 amide bonds. The molecule has 0 aromatic heterocycles. The zero-order valence-electron chi connectivity index (χ0n) is 31.2. The molecule has 0 radical (unpaired) electrons. The third kappa shape index (κ3) is 8.98. The Balaban J connectivity index is 1.12. The third-order valence-corrected chi connectivity index (χ3v) is 23.5. The Labute approximate surface area is 329 Å². The quantitative estimate of drug-likeness (QED) is 0.0756. The van der Waals surface area contributed by atoms with Gasteiger partial charge in [0.2, 0.25) is 0 Å². The van der Waals surface area contributed by atoms with Crippen LogP contribution in [0.1, 0.15) is 61.0 Å². The minimum absolute atomic E-state index is 0.341. The second kappa shape index (κ2) is 19.2. The molecule has 2 unspecified atom stereocenters. The van der Waals surface area contributed by atoms with Crippen molar-refractivity contribution in [2.45, 2.75) is 49.8 Å². The normalized spacial score (nSPS) is 20.0. The van der Waals surface area contributed by atoms with Crippen LogP contribution in [-0.2, 0) is 0 Å². The van der Waals surface area contributed by atoms with E-state index in [1.165, 1.54) is 72.1 Å². The van der Waals surface area contributed by atoms with Crippen LogP contribution in [0.5, 0.6) is 0 Å². The lowest BCUT2D eigenvalue weighted by molar-refractivity contribution is 0.568. The van der Waals surface area contributed by atoms with Crippen LogP contribution in [0, 0.1) is 0 Å². The molecule has 4 atom stereocenters. The van der Waals surface area contributed by atoms with E-state index in [4.69, 9.17) is 0 Å². The summed E-state index contributed by atoms with van der Waals surface area (Å²) in [4.78, 5) is 0. The van der Waals surface area contributed by atoms with Gasteiger partial charge in [0.25, 0.3) is 0 Å². The van der Waals surface area contributed by atoms with Gasteiger partial charge in [-0.25, -0.2) is 0 Å². The van der Waals surface area contributed by atoms with E-state index in [1.807, 2.05) is 0 Å². The first-order valence-corrected chi connectivity index (χ1v) is 25.5. The van der Waals surface area contributed by atoms with Gasteiger partial charge in [0.1, 0.15) is 0 Å². The predicted octanol–water partition coefficient (Wildman–Crippen LogP) is 12.3. The van der Waals surface area contributed by atoms with Crippen LogP contribution in [-0.4, -0.2) is 34.3 Å². The summed E-state index contributed by atoms with van der Waals surface area (Å²) < 4.78 is 6.13. The zero-order chi connectivity index (χ0) is 36.4. The van der Waals surface area contributed by atoms with Crippen LogP contribution in [0.2, 0.25) is 0 Å². The first kappa shape index (κ1) is 37.9. The number of hydrogen-bond donors (Lipinski definition) is 0. The zero-order valence-corrected chi connectivity index (χ0v) is 34.8. The summed E-state index contributed by atoms with van der Waals surface area (Å²) >= 11 is 0. The van der Waals surface area contributed by atoms with Crippen molar-refractivity contribution in [1.29, 1.82) is 0 Å². The number of nitrogens with zero attached hydrogens (tertiary/aromatic N) is 2. The van der Waals surface area contributed by atoms with Crippen molar-refractivity contribution >= 4 is 53.5 Å². The minimum Gasteiger partial charge on any atom is -0.252 e. The maximum absolute atomic E-state index is 3.06. The van der Waals surface area contributed by atoms with Gasteiger partial charge in [-0.15, -0.1) is 0 Å². The molecular formula is C48H52N2P4. The minimum atomic E-state index is -0.648. The van der Waals surface area contributed by atoms with Crippen LogP contribution >= 0.6 is 32.3 Å². The van der Waals surface area contributed by atoms with E-state index in [0.29, 0.717) is 11.3 Å². The summed E-state index contributed by atoms with van der Waals surface area (Å²) in [6.45, 7) is 2.29. The van der Waals surface area contributed by atoms with Crippen molar-refractivity contribution < 1.29 is 0 Å². The van der Waals surface area contributed by atoms with Crippen molar-refractivity contribution in [3.63, 3.8) is 0 Å². The van der Waals surface area contributed by atoms with Crippen LogP contribution in [0.4, 0.5) is 0 Å². The highest BCUT2D eigenvalue weighted by Gasteiger charge is 2.39. The van der Waals surface area contributed by atoms with E-state index in [9.17, 15) is 0 Å². The second-order valence-corrected chi connectivity index (χ2v) is 24.1. The van der Waals surface area contributed by atoms with Crippen molar-refractivity contribution in [2.75, 3.05) is 25.4 Å². The molecule has 2 aliphatic heterocycles. The van der Waals surface area contributed by atoms with Crippen molar-refractivity contribution in [3.8, 4) is 0 Å². The van der Waals surface area contributed by atoms with Gasteiger partial charge in [0.05, 0.1) is 0 Å². The maximum Gasteiger partial charge on any atom is 0.0318 e. The topological polar surface area (TPSA) is 6.48 Å². The van der Waals surface area contributed by atoms with Crippen molar-refractivity contribution in [1.82, 2.24) is 8.88 Å². The molecule has 2 aliphatic rings. The monoisotopic (exact) mass is 780 g/mol. The number of benzene rings is 6. The Morgan fingerprint density at radius 3 is 0.963 bits per heavy atom. The van der Waals surface area contributed by atoms with Gasteiger partial charge in [-0.05, 0) is 99.3 Å². The van der Waals surface area contributed by atoms with Crippen LogP contribution in [0.15, 0.2) is 182 Å². The summed E-state index contributed by atoms with van der Waals surface area (Å²) in [7, 11) is -1.98. The SMILES string of the molecule is c1ccc([C@@H]2CCCP2N(CCCCN(P(c2ccccc2)c2ccccc2)P2CCC[C@H]2c2ccccc2)P(c2ccccc2)c2ccccc2)cc1. The van der Waals surface area contributed by atoms with E-state index in [-0.39, 0.29) is 16.1 Å². The molecule has 2 nitrogen and oxygen atoms in total. The Bertz CT molecular complexity index is 1740. The molecule has 54 heavy (non-hydrogen) atoms. The molecule has 6 aromatic carbocycles. The van der Waals surface area contributed by atoms with E-state index in [2.05, 4.69) is 191 Å². The molecule has 8 rings (SSSR count). The molecule has 0 bridgehead atoms. The van der Waals surface area contributed by atoms with Gasteiger partial charge in [-0.1, -0.05) is 182 Å². The Hall–Kier alpha value is -3.04. The molecule has 0 N–H and O–H groups in total. The van der Waals surface area contributed by atoms with Gasteiger partial charge in [-0.2, -0.15) is 0 Å². The van der Waals surface area contributed by atoms with Gasteiger partial charge in [0, 0.05) is 40.6 Å². The number of unbranched alkanes of at least 4 members (excludes halogenated alkanes) is 1. The highest BCUT2D eigenvalue weighted by atomic mass is 31.2. The van der Waals surface area contributed by atoms with E-state index >= 15 is 0 Å². The smallest absolute Gasteiger partial charge is 0.0318 e. The Morgan fingerprint density at radius 2 is 0.667 bits per heavy atom. The molecule has 0 saturated carbocycles. The van der Waals surface area contributed by atoms with E-state index in [1.54, 1.807) is 11.1 Å². The highest BCUT2D eigenvalue weighted by molar-refractivity contribution is 7.80. The standard InChI is InChI=1S/C48H52N2P4/c1-7-23-41(24-8-1)47-35-21-39-51(47)49(53(43-27-11-3-12-28-43)44-29-13-4-14-30-44)37-19-20-38-50(52-40-22-36-48(52)42-25-9-2-10-26-42)54(45-31-15-5-16-32-45)46-33-17-6-18-34-46/h1-18,23-34,47-48H,19-22,35-40H2/t47-,48-,51?,52?/m0/s1. The molecule has 2 fully saturated rings. The summed E-state index contributed by atoms with van der Waals surface area (Å²) in [5.41, 5.74) is 4.35.